The minimum absolute atomic E-state index is 0.0191. The third-order valence-electron chi connectivity index (χ3n) is 6.60. The van der Waals surface area contributed by atoms with Crippen LogP contribution in [0, 0.1) is 0 Å². The summed E-state index contributed by atoms with van der Waals surface area (Å²) >= 11 is 6.10. The predicted molar refractivity (Wildman–Crippen MR) is 142 cm³/mol. The van der Waals surface area contributed by atoms with Gasteiger partial charge in [-0.1, -0.05) is 36.6 Å². The first-order chi connectivity index (χ1) is 18.2. The largest absolute Gasteiger partial charge is 0.497 e. The van der Waals surface area contributed by atoms with Gasteiger partial charge in [-0.25, -0.2) is 8.42 Å². The summed E-state index contributed by atoms with van der Waals surface area (Å²) in [5.74, 6) is -0.628. The maximum Gasteiger partial charge on any atom is 0.416 e. The lowest BCUT2D eigenvalue weighted by molar-refractivity contribution is -0.139. The molecule has 0 unspecified atom stereocenters. The Morgan fingerprint density at radius 1 is 1.13 bits per heavy atom. The number of methoxy groups -OCH3 is 1. The fraction of sp³-hybridized carbons (Fsp3) is 0.462. The van der Waals surface area contributed by atoms with Gasteiger partial charge in [-0.05, 0) is 55.7 Å². The van der Waals surface area contributed by atoms with Crippen LogP contribution in [0.2, 0.25) is 5.02 Å². The maximum atomic E-state index is 13.6. The molecule has 1 atom stereocenters. The van der Waals surface area contributed by atoms with Gasteiger partial charge in [0.2, 0.25) is 21.8 Å². The first kappa shape index (κ1) is 30.6. The second-order valence-corrected chi connectivity index (χ2v) is 11.8. The number of carbonyl (C=O) groups is 2. The molecule has 0 saturated heterocycles. The monoisotopic (exact) mass is 589 g/mol. The molecule has 1 N–H and O–H groups in total. The second kappa shape index (κ2) is 12.5. The first-order valence-electron chi connectivity index (χ1n) is 12.3. The molecule has 1 aliphatic rings. The summed E-state index contributed by atoms with van der Waals surface area (Å²) in [4.78, 5) is 27.9. The Morgan fingerprint density at radius 3 is 2.28 bits per heavy atom. The lowest BCUT2D eigenvalue weighted by atomic mass is 10.1. The average molecular weight is 590 g/mol. The molecular formula is C26H31ClF3N3O5S. The number of hydrogen-bond donors (Lipinski definition) is 1. The van der Waals surface area contributed by atoms with Crippen LogP contribution in [0.3, 0.4) is 0 Å². The molecule has 1 fully saturated rings. The van der Waals surface area contributed by atoms with Crippen molar-refractivity contribution in [2.45, 2.75) is 57.4 Å². The van der Waals surface area contributed by atoms with Crippen LogP contribution in [-0.4, -0.2) is 57.1 Å². The molecule has 0 spiro atoms. The number of anilines is 1. The van der Waals surface area contributed by atoms with Crippen LogP contribution in [0.1, 0.15) is 43.7 Å². The van der Waals surface area contributed by atoms with Crippen molar-refractivity contribution >= 4 is 39.1 Å². The summed E-state index contributed by atoms with van der Waals surface area (Å²) in [6.07, 6.45) is -0.397. The number of nitrogens with one attached hydrogen (secondary N) is 1. The molecule has 39 heavy (non-hydrogen) atoms. The zero-order valence-electron chi connectivity index (χ0n) is 21.8. The Morgan fingerprint density at radius 2 is 1.74 bits per heavy atom. The molecular weight excluding hydrogens is 559 g/mol. The molecule has 0 aromatic heterocycles. The lowest BCUT2D eigenvalue weighted by Crippen LogP contribution is -2.52. The number of sulfonamides is 1. The highest BCUT2D eigenvalue weighted by molar-refractivity contribution is 7.92. The summed E-state index contributed by atoms with van der Waals surface area (Å²) in [7, 11) is -2.76. The summed E-state index contributed by atoms with van der Waals surface area (Å²) in [6, 6.07) is 7.94. The molecule has 13 heteroatoms. The molecule has 0 heterocycles. The Kier molecular flexibility index (Phi) is 9.76. The number of carbonyl (C=O) groups excluding carboxylic acids is 2. The van der Waals surface area contributed by atoms with Gasteiger partial charge in [0.25, 0.3) is 0 Å². The van der Waals surface area contributed by atoms with Gasteiger partial charge in [-0.15, -0.1) is 0 Å². The van der Waals surface area contributed by atoms with Crippen LogP contribution in [0.25, 0.3) is 0 Å². The Bertz CT molecular complexity index is 1280. The molecule has 214 valence electrons. The van der Waals surface area contributed by atoms with E-state index in [2.05, 4.69) is 5.32 Å². The van der Waals surface area contributed by atoms with Gasteiger partial charge in [0.1, 0.15) is 18.3 Å². The molecule has 1 saturated carbocycles. The minimum atomic E-state index is -4.76. The van der Waals surface area contributed by atoms with Crippen molar-refractivity contribution in [3.8, 4) is 5.75 Å². The number of ether oxygens (including phenoxy) is 1. The van der Waals surface area contributed by atoms with Gasteiger partial charge in [-0.3, -0.25) is 13.9 Å². The van der Waals surface area contributed by atoms with Crippen molar-refractivity contribution in [2.75, 3.05) is 24.2 Å². The van der Waals surface area contributed by atoms with Gasteiger partial charge in [-0.2, -0.15) is 13.2 Å². The fourth-order valence-electron chi connectivity index (χ4n) is 4.38. The summed E-state index contributed by atoms with van der Waals surface area (Å²) in [5.41, 5.74) is -0.982. The molecule has 8 nitrogen and oxygen atoms in total. The van der Waals surface area contributed by atoms with Crippen LogP contribution in [0.4, 0.5) is 18.9 Å². The van der Waals surface area contributed by atoms with Crippen LogP contribution in [0.15, 0.2) is 42.5 Å². The standard InChI is InChI=1S/C26H31ClF3N3O5S/c1-17(25(35)31-20-6-4-5-7-20)32(15-18-8-11-21(38-2)12-9-18)24(34)16-33(39(3,36)37)23-14-19(26(28,29)30)10-13-22(23)27/h8-14,17,20H,4-7,15-16H2,1-3H3,(H,31,35)/t17-/m1/s1. The summed E-state index contributed by atoms with van der Waals surface area (Å²) in [5, 5.41) is 2.65. The van der Waals surface area contributed by atoms with E-state index in [1.165, 1.54) is 18.9 Å². The van der Waals surface area contributed by atoms with Gasteiger partial charge >= 0.3 is 6.18 Å². The van der Waals surface area contributed by atoms with E-state index in [0.29, 0.717) is 21.7 Å². The van der Waals surface area contributed by atoms with Crippen LogP contribution < -0.4 is 14.4 Å². The maximum absolute atomic E-state index is 13.6. The average Bonchev–Trinajstić information content (AvgIpc) is 3.37. The van der Waals surface area contributed by atoms with Crippen LogP contribution >= 0.6 is 11.6 Å². The van der Waals surface area contributed by atoms with Crippen molar-refractivity contribution in [3.05, 3.63) is 58.6 Å². The van der Waals surface area contributed by atoms with Gasteiger partial charge in [0.05, 0.1) is 29.6 Å². The minimum Gasteiger partial charge on any atom is -0.497 e. The molecule has 0 radical (unpaired) electrons. The third kappa shape index (κ3) is 8.01. The predicted octanol–water partition coefficient (Wildman–Crippen LogP) is 4.61. The Balaban J connectivity index is 1.95. The summed E-state index contributed by atoms with van der Waals surface area (Å²) in [6.45, 7) is 0.598. The zero-order chi connectivity index (χ0) is 29.0. The van der Waals surface area contributed by atoms with Gasteiger partial charge in [0, 0.05) is 12.6 Å². The van der Waals surface area contributed by atoms with E-state index in [1.54, 1.807) is 24.3 Å². The second-order valence-electron chi connectivity index (χ2n) is 9.47. The lowest BCUT2D eigenvalue weighted by Gasteiger charge is -2.32. The molecule has 0 bridgehead atoms. The van der Waals surface area contributed by atoms with Crippen molar-refractivity contribution in [3.63, 3.8) is 0 Å². The van der Waals surface area contributed by atoms with E-state index in [0.717, 1.165) is 44.1 Å². The topological polar surface area (TPSA) is 96.0 Å². The van der Waals surface area contributed by atoms with E-state index in [-0.39, 0.29) is 17.6 Å². The highest BCUT2D eigenvalue weighted by Gasteiger charge is 2.35. The molecule has 1 aliphatic carbocycles. The normalized spacial score (nSPS) is 15.1. The van der Waals surface area contributed by atoms with Crippen molar-refractivity contribution in [2.24, 2.45) is 0 Å². The third-order valence-corrected chi connectivity index (χ3v) is 8.05. The van der Waals surface area contributed by atoms with Gasteiger partial charge in [0.15, 0.2) is 0 Å². The number of halogens is 4. The molecule has 2 aromatic rings. The summed E-state index contributed by atoms with van der Waals surface area (Å²) < 4.78 is 71.2. The first-order valence-corrected chi connectivity index (χ1v) is 14.5. The number of benzene rings is 2. The SMILES string of the molecule is COc1ccc(CN(C(=O)CN(c2cc(C(F)(F)F)ccc2Cl)S(C)(=O)=O)[C@H](C)C(=O)NC2CCCC2)cc1. The highest BCUT2D eigenvalue weighted by Crippen LogP contribution is 2.36. The fourth-order valence-corrected chi connectivity index (χ4v) is 5.50. The highest BCUT2D eigenvalue weighted by atomic mass is 35.5. The number of alkyl halides is 3. The number of nitrogens with zero attached hydrogens (tertiary/aromatic N) is 2. The zero-order valence-corrected chi connectivity index (χ0v) is 23.4. The number of rotatable bonds is 10. The van der Waals surface area contributed by atoms with E-state index in [1.807, 2.05) is 0 Å². The molecule has 3 rings (SSSR count). The van der Waals surface area contributed by atoms with E-state index < -0.39 is 51.9 Å². The van der Waals surface area contributed by atoms with E-state index >= 15 is 0 Å². The quantitative estimate of drug-likeness (QED) is 0.437. The van der Waals surface area contributed by atoms with E-state index in [9.17, 15) is 31.2 Å². The van der Waals surface area contributed by atoms with Crippen LogP contribution in [0.5, 0.6) is 5.75 Å². The number of hydrogen-bond acceptors (Lipinski definition) is 5. The van der Waals surface area contributed by atoms with Crippen molar-refractivity contribution < 1.29 is 35.9 Å². The van der Waals surface area contributed by atoms with Crippen molar-refractivity contribution in [1.82, 2.24) is 10.2 Å². The van der Waals surface area contributed by atoms with E-state index in [4.69, 9.17) is 16.3 Å². The van der Waals surface area contributed by atoms with Crippen molar-refractivity contribution in [1.29, 1.82) is 0 Å². The van der Waals surface area contributed by atoms with Gasteiger partial charge < -0.3 is 15.0 Å². The molecule has 0 aliphatic heterocycles. The number of amides is 2. The van der Waals surface area contributed by atoms with Crippen LogP contribution in [-0.2, 0) is 32.3 Å². The molecule has 2 amide bonds. The Labute approximate surface area is 231 Å². The molecule has 2 aromatic carbocycles. The smallest absolute Gasteiger partial charge is 0.416 e. The Hall–Kier alpha value is -2.99.